The van der Waals surface area contributed by atoms with Gasteiger partial charge >= 0.3 is 0 Å². The van der Waals surface area contributed by atoms with Crippen molar-refractivity contribution < 1.29 is 22.5 Å². The number of nitrogens with zero attached hydrogens (tertiary/aromatic N) is 1. The molecule has 2 aromatic carbocycles. The zero-order valence-corrected chi connectivity index (χ0v) is 14.5. The SMILES string of the molecule is CCOc1ccc(CNc2ccc([N+](=O)[O-])cc2S(C)(=O)=O)cc1F. The maximum atomic E-state index is 13.8. The van der Waals surface area contributed by atoms with Crippen molar-refractivity contribution in [1.82, 2.24) is 0 Å². The van der Waals surface area contributed by atoms with Gasteiger partial charge in [-0.15, -0.1) is 0 Å². The van der Waals surface area contributed by atoms with E-state index < -0.39 is 20.6 Å². The molecule has 25 heavy (non-hydrogen) atoms. The van der Waals surface area contributed by atoms with Gasteiger partial charge in [0.25, 0.3) is 5.69 Å². The number of non-ortho nitro benzene ring substituents is 1. The van der Waals surface area contributed by atoms with Crippen LogP contribution < -0.4 is 10.1 Å². The fourth-order valence-corrected chi connectivity index (χ4v) is 3.08. The maximum absolute atomic E-state index is 13.8. The number of hydrogen-bond acceptors (Lipinski definition) is 6. The molecule has 0 radical (unpaired) electrons. The van der Waals surface area contributed by atoms with Gasteiger partial charge in [-0.05, 0) is 30.7 Å². The number of hydrogen-bond donors (Lipinski definition) is 1. The standard InChI is InChI=1S/C16H17FN2O5S/c1-3-24-15-7-4-11(8-13(15)17)10-18-14-6-5-12(19(20)21)9-16(14)25(2,22)23/h4-9,18H,3,10H2,1-2H3. The lowest BCUT2D eigenvalue weighted by molar-refractivity contribution is -0.385. The Morgan fingerprint density at radius 1 is 1.24 bits per heavy atom. The van der Waals surface area contributed by atoms with Gasteiger partial charge in [0.2, 0.25) is 0 Å². The number of sulfone groups is 1. The molecular weight excluding hydrogens is 351 g/mol. The lowest BCUT2D eigenvalue weighted by Gasteiger charge is -2.12. The van der Waals surface area contributed by atoms with Gasteiger partial charge in [0.1, 0.15) is 0 Å². The largest absolute Gasteiger partial charge is 0.491 e. The average Bonchev–Trinajstić information content (AvgIpc) is 2.54. The van der Waals surface area contributed by atoms with E-state index in [1.165, 1.54) is 24.3 Å². The van der Waals surface area contributed by atoms with Crippen molar-refractivity contribution in [3.05, 3.63) is 57.9 Å². The topological polar surface area (TPSA) is 98.5 Å². The molecule has 0 saturated carbocycles. The van der Waals surface area contributed by atoms with E-state index in [1.54, 1.807) is 13.0 Å². The molecule has 2 rings (SSSR count). The van der Waals surface area contributed by atoms with Gasteiger partial charge in [0.15, 0.2) is 21.4 Å². The Morgan fingerprint density at radius 2 is 1.96 bits per heavy atom. The van der Waals surface area contributed by atoms with Crippen molar-refractivity contribution in [2.45, 2.75) is 18.4 Å². The van der Waals surface area contributed by atoms with Crippen LogP contribution in [0, 0.1) is 15.9 Å². The van der Waals surface area contributed by atoms with Crippen molar-refractivity contribution in [3.63, 3.8) is 0 Å². The Hall–Kier alpha value is -2.68. The first-order valence-electron chi connectivity index (χ1n) is 7.36. The highest BCUT2D eigenvalue weighted by Crippen LogP contribution is 2.27. The second-order valence-electron chi connectivity index (χ2n) is 5.26. The van der Waals surface area contributed by atoms with Gasteiger partial charge in [-0.2, -0.15) is 0 Å². The molecule has 0 amide bonds. The summed E-state index contributed by atoms with van der Waals surface area (Å²) in [5.41, 5.74) is 0.458. The van der Waals surface area contributed by atoms with Crippen LogP contribution in [-0.2, 0) is 16.4 Å². The zero-order valence-electron chi connectivity index (χ0n) is 13.7. The summed E-state index contributed by atoms with van der Waals surface area (Å²) in [6.45, 7) is 2.23. The number of anilines is 1. The third kappa shape index (κ3) is 4.66. The van der Waals surface area contributed by atoms with Gasteiger partial charge in [0, 0.05) is 24.9 Å². The fourth-order valence-electron chi connectivity index (χ4n) is 2.20. The van der Waals surface area contributed by atoms with E-state index in [0.717, 1.165) is 12.3 Å². The van der Waals surface area contributed by atoms with E-state index in [1.807, 2.05) is 0 Å². The molecule has 0 unspecified atom stereocenters. The molecule has 0 aliphatic heterocycles. The minimum atomic E-state index is -3.68. The molecule has 0 fully saturated rings. The quantitative estimate of drug-likeness (QED) is 0.595. The molecule has 2 aromatic rings. The zero-order chi connectivity index (χ0) is 18.6. The summed E-state index contributed by atoms with van der Waals surface area (Å²) in [6, 6.07) is 7.94. The Labute approximate surface area is 144 Å². The number of nitrogens with one attached hydrogen (secondary N) is 1. The molecule has 134 valence electrons. The number of benzene rings is 2. The molecular formula is C16H17FN2O5S. The van der Waals surface area contributed by atoms with Crippen LogP contribution in [-0.4, -0.2) is 26.2 Å². The number of ether oxygens (including phenoxy) is 1. The Morgan fingerprint density at radius 3 is 2.52 bits per heavy atom. The highest BCUT2D eigenvalue weighted by atomic mass is 32.2. The minimum Gasteiger partial charge on any atom is -0.491 e. The van der Waals surface area contributed by atoms with Crippen molar-refractivity contribution in [2.24, 2.45) is 0 Å². The van der Waals surface area contributed by atoms with E-state index in [2.05, 4.69) is 5.32 Å². The highest BCUT2D eigenvalue weighted by molar-refractivity contribution is 7.90. The normalized spacial score (nSPS) is 11.2. The van der Waals surface area contributed by atoms with Crippen molar-refractivity contribution in [1.29, 1.82) is 0 Å². The van der Waals surface area contributed by atoms with Gasteiger partial charge in [0.05, 0.1) is 22.1 Å². The van der Waals surface area contributed by atoms with E-state index in [9.17, 15) is 22.9 Å². The molecule has 0 atom stereocenters. The van der Waals surface area contributed by atoms with Crippen LogP contribution in [0.3, 0.4) is 0 Å². The number of nitro benzene ring substituents is 1. The smallest absolute Gasteiger partial charge is 0.270 e. The minimum absolute atomic E-state index is 0.137. The van der Waals surface area contributed by atoms with Crippen molar-refractivity contribution in [3.8, 4) is 5.75 Å². The van der Waals surface area contributed by atoms with Crippen LogP contribution in [0.15, 0.2) is 41.3 Å². The van der Waals surface area contributed by atoms with Gasteiger partial charge in [-0.25, -0.2) is 12.8 Å². The Bertz CT molecular complexity index is 899. The van der Waals surface area contributed by atoms with E-state index in [-0.39, 0.29) is 28.6 Å². The third-order valence-electron chi connectivity index (χ3n) is 3.35. The van der Waals surface area contributed by atoms with Crippen molar-refractivity contribution in [2.75, 3.05) is 18.2 Å². The van der Waals surface area contributed by atoms with E-state index in [4.69, 9.17) is 4.74 Å². The van der Waals surface area contributed by atoms with Gasteiger partial charge in [-0.1, -0.05) is 6.07 Å². The monoisotopic (exact) mass is 368 g/mol. The maximum Gasteiger partial charge on any atom is 0.270 e. The highest BCUT2D eigenvalue weighted by Gasteiger charge is 2.18. The molecule has 0 aromatic heterocycles. The molecule has 1 N–H and O–H groups in total. The van der Waals surface area contributed by atoms with E-state index in [0.29, 0.717) is 12.2 Å². The average molecular weight is 368 g/mol. The molecule has 0 aliphatic carbocycles. The molecule has 7 nitrogen and oxygen atoms in total. The predicted octanol–water partition coefficient (Wildman–Crippen LogP) is 3.15. The molecule has 9 heteroatoms. The first-order valence-corrected chi connectivity index (χ1v) is 9.25. The number of halogens is 1. The number of rotatable bonds is 7. The first kappa shape index (κ1) is 18.7. The summed E-state index contributed by atoms with van der Waals surface area (Å²) in [5, 5.41) is 13.7. The molecule has 0 aliphatic rings. The van der Waals surface area contributed by atoms with Crippen molar-refractivity contribution >= 4 is 21.2 Å². The fraction of sp³-hybridized carbons (Fsp3) is 0.250. The summed E-state index contributed by atoms with van der Waals surface area (Å²) in [4.78, 5) is 9.98. The lowest BCUT2D eigenvalue weighted by Crippen LogP contribution is -2.07. The van der Waals surface area contributed by atoms with Crippen LogP contribution in [0.4, 0.5) is 15.8 Å². The Kier molecular flexibility index (Phi) is 5.58. The third-order valence-corrected chi connectivity index (χ3v) is 4.49. The predicted molar refractivity (Wildman–Crippen MR) is 91.1 cm³/mol. The summed E-state index contributed by atoms with van der Waals surface area (Å²) in [7, 11) is -3.68. The van der Waals surface area contributed by atoms with Gasteiger partial charge in [-0.3, -0.25) is 10.1 Å². The van der Waals surface area contributed by atoms with Crippen LogP contribution >= 0.6 is 0 Å². The summed E-state index contributed by atoms with van der Waals surface area (Å²) >= 11 is 0. The second kappa shape index (κ2) is 7.47. The van der Waals surface area contributed by atoms with Crippen LogP contribution in [0.5, 0.6) is 5.75 Å². The second-order valence-corrected chi connectivity index (χ2v) is 7.25. The van der Waals surface area contributed by atoms with Crippen LogP contribution in [0.1, 0.15) is 12.5 Å². The summed E-state index contributed by atoms with van der Waals surface area (Å²) in [5.74, 6) is -0.383. The van der Waals surface area contributed by atoms with E-state index >= 15 is 0 Å². The Balaban J connectivity index is 2.26. The molecule has 0 bridgehead atoms. The van der Waals surface area contributed by atoms with Crippen LogP contribution in [0.25, 0.3) is 0 Å². The molecule has 0 spiro atoms. The first-order chi connectivity index (χ1) is 11.7. The number of nitro groups is 1. The molecule has 0 saturated heterocycles. The lowest BCUT2D eigenvalue weighted by atomic mass is 10.2. The van der Waals surface area contributed by atoms with Crippen LogP contribution in [0.2, 0.25) is 0 Å². The summed E-state index contributed by atoms with van der Waals surface area (Å²) in [6.07, 6.45) is 0.966. The van der Waals surface area contributed by atoms with Gasteiger partial charge < -0.3 is 10.1 Å². The summed E-state index contributed by atoms with van der Waals surface area (Å²) < 4.78 is 42.7. The molecule has 0 heterocycles.